The molecule has 0 saturated heterocycles. The minimum Gasteiger partial charge on any atom is -0.289 e. The predicted octanol–water partition coefficient (Wildman–Crippen LogP) is 1.36. The molecule has 0 radical (unpaired) electrons. The fourth-order valence-electron chi connectivity index (χ4n) is 3.09. The number of nitrogens with one attached hydrogen (secondary N) is 2. The molecule has 2 aliphatic heterocycles. The van der Waals surface area contributed by atoms with E-state index in [0.29, 0.717) is 28.7 Å². The normalized spacial score (nSPS) is 16.1. The molecule has 2 aromatic carbocycles. The van der Waals surface area contributed by atoms with Crippen LogP contribution < -0.4 is 10.6 Å². The van der Waals surface area contributed by atoms with Gasteiger partial charge in [0.15, 0.2) is 0 Å². The van der Waals surface area contributed by atoms with Crippen molar-refractivity contribution in [3.05, 3.63) is 82.9 Å². The molecule has 27 heavy (non-hydrogen) atoms. The van der Waals surface area contributed by atoms with Crippen LogP contribution in [-0.2, 0) is 25.6 Å². The first kappa shape index (κ1) is 16.7. The van der Waals surface area contributed by atoms with Crippen molar-refractivity contribution in [2.45, 2.75) is 6.42 Å². The van der Waals surface area contributed by atoms with Crippen molar-refractivity contribution in [2.24, 2.45) is 0 Å². The summed E-state index contributed by atoms with van der Waals surface area (Å²) in [6.45, 7) is 0. The van der Waals surface area contributed by atoms with E-state index in [4.69, 9.17) is 0 Å². The maximum atomic E-state index is 11.7. The second-order valence-corrected chi connectivity index (χ2v) is 6.32. The van der Waals surface area contributed by atoms with E-state index in [9.17, 15) is 19.2 Å². The maximum Gasteiger partial charge on any atom is 0.258 e. The first-order valence-electron chi connectivity index (χ1n) is 8.32. The number of carbonyl (C=O) groups excluding carboxylic acids is 4. The summed E-state index contributed by atoms with van der Waals surface area (Å²) >= 11 is 0. The molecule has 2 N–H and O–H groups in total. The largest absolute Gasteiger partial charge is 0.289 e. The smallest absolute Gasteiger partial charge is 0.258 e. The molecule has 2 heterocycles. The molecule has 0 aromatic heterocycles. The third kappa shape index (κ3) is 3.32. The molecule has 4 rings (SSSR count). The van der Waals surface area contributed by atoms with E-state index in [2.05, 4.69) is 10.6 Å². The summed E-state index contributed by atoms with van der Waals surface area (Å²) in [6, 6.07) is 14.9. The molecule has 0 unspecified atom stereocenters. The minimum atomic E-state index is -0.396. The highest BCUT2D eigenvalue weighted by Gasteiger charge is 2.22. The van der Waals surface area contributed by atoms with Gasteiger partial charge in [0.2, 0.25) is 0 Å². The Morgan fingerprint density at radius 2 is 0.926 bits per heavy atom. The summed E-state index contributed by atoms with van der Waals surface area (Å²) in [5.41, 5.74) is 4.22. The van der Waals surface area contributed by atoms with E-state index in [1.54, 1.807) is 0 Å². The lowest BCUT2D eigenvalue weighted by atomic mass is 9.98. The lowest BCUT2D eigenvalue weighted by Crippen LogP contribution is -2.21. The van der Waals surface area contributed by atoms with Crippen LogP contribution in [0.15, 0.2) is 60.7 Å². The molecule has 0 atom stereocenters. The van der Waals surface area contributed by atoms with Crippen LogP contribution in [0.2, 0.25) is 0 Å². The average Bonchev–Trinajstić information content (AvgIpc) is 3.16. The van der Waals surface area contributed by atoms with Crippen LogP contribution in [0.4, 0.5) is 0 Å². The zero-order chi connectivity index (χ0) is 19.0. The molecule has 6 nitrogen and oxygen atoms in total. The van der Waals surface area contributed by atoms with Gasteiger partial charge in [-0.15, -0.1) is 0 Å². The average molecular weight is 358 g/mol. The molecule has 6 heteroatoms. The third-order valence-electron chi connectivity index (χ3n) is 4.45. The van der Waals surface area contributed by atoms with Crippen molar-refractivity contribution in [1.82, 2.24) is 10.6 Å². The van der Waals surface area contributed by atoms with Crippen molar-refractivity contribution < 1.29 is 19.2 Å². The number of benzene rings is 2. The van der Waals surface area contributed by atoms with Gasteiger partial charge in [-0.05, 0) is 28.7 Å². The molecule has 4 amide bonds. The standard InChI is InChI=1S/C21H14N2O4/c24-18-10-16(20(26)22-18)14-5-1-12(2-6-14)9-13-3-7-15(8-4-13)17-11-19(25)23-21(17)27/h1-8,10-11H,9H2,(H,22,24,26)(H,23,25,27). The van der Waals surface area contributed by atoms with E-state index in [1.165, 1.54) is 12.2 Å². The van der Waals surface area contributed by atoms with E-state index >= 15 is 0 Å². The van der Waals surface area contributed by atoms with Gasteiger partial charge >= 0.3 is 0 Å². The summed E-state index contributed by atoms with van der Waals surface area (Å²) in [5.74, 6) is -1.56. The molecule has 2 aromatic rings. The van der Waals surface area contributed by atoms with E-state index in [1.807, 2.05) is 48.5 Å². The van der Waals surface area contributed by atoms with Crippen LogP contribution in [0, 0.1) is 0 Å². The van der Waals surface area contributed by atoms with E-state index in [0.717, 1.165) is 11.1 Å². The van der Waals surface area contributed by atoms with Gasteiger partial charge in [-0.25, -0.2) is 0 Å². The highest BCUT2D eigenvalue weighted by atomic mass is 16.2. The second kappa shape index (κ2) is 6.49. The van der Waals surface area contributed by atoms with Gasteiger partial charge in [-0.1, -0.05) is 48.5 Å². The highest BCUT2D eigenvalue weighted by molar-refractivity contribution is 6.34. The Balaban J connectivity index is 1.48. The van der Waals surface area contributed by atoms with Gasteiger partial charge in [0, 0.05) is 12.2 Å². The lowest BCUT2D eigenvalue weighted by molar-refractivity contribution is -0.124. The van der Waals surface area contributed by atoms with Gasteiger partial charge in [-0.2, -0.15) is 0 Å². The van der Waals surface area contributed by atoms with Crippen molar-refractivity contribution in [3.8, 4) is 0 Å². The first-order chi connectivity index (χ1) is 13.0. The number of carbonyl (C=O) groups is 4. The van der Waals surface area contributed by atoms with Crippen molar-refractivity contribution in [3.63, 3.8) is 0 Å². The Morgan fingerprint density at radius 3 is 1.22 bits per heavy atom. The second-order valence-electron chi connectivity index (χ2n) is 6.32. The summed E-state index contributed by atoms with van der Waals surface area (Å²) in [4.78, 5) is 45.9. The van der Waals surface area contributed by atoms with Crippen LogP contribution >= 0.6 is 0 Å². The van der Waals surface area contributed by atoms with Gasteiger partial charge in [-0.3, -0.25) is 29.8 Å². The molecule has 0 saturated carbocycles. The van der Waals surface area contributed by atoms with E-state index in [-0.39, 0.29) is 11.8 Å². The van der Waals surface area contributed by atoms with Gasteiger partial charge < -0.3 is 0 Å². The molecule has 132 valence electrons. The number of hydrogen-bond donors (Lipinski definition) is 2. The third-order valence-corrected chi connectivity index (χ3v) is 4.45. The predicted molar refractivity (Wildman–Crippen MR) is 97.9 cm³/mol. The zero-order valence-electron chi connectivity index (χ0n) is 14.1. The molecule has 0 fully saturated rings. The molecule has 0 spiro atoms. The molecule has 0 bridgehead atoms. The quantitative estimate of drug-likeness (QED) is 0.807. The topological polar surface area (TPSA) is 92.3 Å². The number of amides is 4. The fraction of sp³-hybridized carbons (Fsp3) is 0.0476. The summed E-state index contributed by atoms with van der Waals surface area (Å²) in [7, 11) is 0. The number of rotatable bonds is 4. The Labute approximate surface area is 154 Å². The van der Waals surface area contributed by atoms with Gasteiger partial charge in [0.1, 0.15) is 0 Å². The maximum absolute atomic E-state index is 11.7. The molecule has 0 aliphatic carbocycles. The minimum absolute atomic E-state index is 0.369. The Morgan fingerprint density at radius 1 is 0.556 bits per heavy atom. The summed E-state index contributed by atoms with van der Waals surface area (Å²) < 4.78 is 0. The molecule has 2 aliphatic rings. The summed E-state index contributed by atoms with van der Waals surface area (Å²) in [6.07, 6.45) is 3.28. The van der Waals surface area contributed by atoms with Gasteiger partial charge in [0.05, 0.1) is 11.1 Å². The lowest BCUT2D eigenvalue weighted by Gasteiger charge is -2.06. The van der Waals surface area contributed by atoms with Crippen LogP contribution in [0.5, 0.6) is 0 Å². The zero-order valence-corrected chi connectivity index (χ0v) is 14.1. The molecular formula is C21H14N2O4. The van der Waals surface area contributed by atoms with Crippen LogP contribution in [0.1, 0.15) is 22.3 Å². The highest BCUT2D eigenvalue weighted by Crippen LogP contribution is 2.22. The monoisotopic (exact) mass is 358 g/mol. The van der Waals surface area contributed by atoms with Crippen LogP contribution in [0.25, 0.3) is 11.1 Å². The van der Waals surface area contributed by atoms with Crippen molar-refractivity contribution >= 4 is 34.8 Å². The van der Waals surface area contributed by atoms with Crippen LogP contribution in [-0.4, -0.2) is 23.6 Å². The van der Waals surface area contributed by atoms with E-state index < -0.39 is 11.8 Å². The fourth-order valence-corrected chi connectivity index (χ4v) is 3.09. The summed E-state index contributed by atoms with van der Waals surface area (Å²) in [5, 5.41) is 4.46. The first-order valence-corrected chi connectivity index (χ1v) is 8.32. The number of hydrogen-bond acceptors (Lipinski definition) is 4. The van der Waals surface area contributed by atoms with Crippen LogP contribution in [0.3, 0.4) is 0 Å². The Kier molecular flexibility index (Phi) is 4.01. The Hall–Kier alpha value is -3.80. The van der Waals surface area contributed by atoms with Crippen molar-refractivity contribution in [1.29, 1.82) is 0 Å². The Bertz CT molecular complexity index is 959. The van der Waals surface area contributed by atoms with Crippen molar-refractivity contribution in [2.75, 3.05) is 0 Å². The van der Waals surface area contributed by atoms with Gasteiger partial charge in [0.25, 0.3) is 23.6 Å². The SMILES string of the molecule is O=C1C=C(c2ccc(Cc3ccc(C4=CC(=O)NC4=O)cc3)cc2)C(=O)N1. The number of imide groups is 2. The molecular weight excluding hydrogens is 344 g/mol.